The van der Waals surface area contributed by atoms with Gasteiger partial charge in [-0.1, -0.05) is 0 Å². The summed E-state index contributed by atoms with van der Waals surface area (Å²) < 4.78 is 1.71. The van der Waals surface area contributed by atoms with Crippen LogP contribution in [0.4, 0.5) is 11.5 Å². The molecule has 112 valence electrons. The van der Waals surface area contributed by atoms with Crippen LogP contribution in [0.25, 0.3) is 0 Å². The van der Waals surface area contributed by atoms with Gasteiger partial charge in [0.05, 0.1) is 17.6 Å². The summed E-state index contributed by atoms with van der Waals surface area (Å²) in [7, 11) is 0. The fraction of sp³-hybridized carbons (Fsp3) is 0.769. The summed E-state index contributed by atoms with van der Waals surface area (Å²) in [6.07, 6.45) is 2.89. The number of nitro groups is 1. The van der Waals surface area contributed by atoms with E-state index in [4.69, 9.17) is 0 Å². The Morgan fingerprint density at radius 1 is 1.50 bits per heavy atom. The topological polar surface area (TPSA) is 84.4 Å². The molecule has 0 aliphatic carbocycles. The Labute approximate surface area is 118 Å². The summed E-state index contributed by atoms with van der Waals surface area (Å²) in [5, 5.41) is 25.3. The molecule has 1 aliphatic heterocycles. The molecule has 0 bridgehead atoms. The second-order valence-corrected chi connectivity index (χ2v) is 5.58. The Morgan fingerprint density at radius 2 is 2.20 bits per heavy atom. The normalized spacial score (nSPS) is 19.6. The van der Waals surface area contributed by atoms with Gasteiger partial charge < -0.3 is 10.0 Å². The second kappa shape index (κ2) is 5.78. The van der Waals surface area contributed by atoms with Crippen molar-refractivity contribution in [2.24, 2.45) is 0 Å². The molecule has 0 radical (unpaired) electrons. The van der Waals surface area contributed by atoms with E-state index in [1.807, 2.05) is 18.7 Å². The van der Waals surface area contributed by atoms with Gasteiger partial charge >= 0.3 is 5.69 Å². The van der Waals surface area contributed by atoms with Gasteiger partial charge in [-0.15, -0.1) is 0 Å². The molecule has 2 rings (SSSR count). The van der Waals surface area contributed by atoms with E-state index in [0.717, 1.165) is 25.8 Å². The Balaban J connectivity index is 2.54. The first kappa shape index (κ1) is 14.8. The summed E-state index contributed by atoms with van der Waals surface area (Å²) >= 11 is 0. The molecular formula is C13H22N4O3. The summed E-state index contributed by atoms with van der Waals surface area (Å²) in [5.41, 5.74) is 0.500. The lowest BCUT2D eigenvalue weighted by Crippen LogP contribution is -2.43. The Kier molecular flexibility index (Phi) is 4.27. The maximum Gasteiger partial charge on any atom is 0.333 e. The van der Waals surface area contributed by atoms with Crippen molar-refractivity contribution in [2.75, 3.05) is 18.1 Å². The van der Waals surface area contributed by atoms with Crippen LogP contribution in [0.15, 0.2) is 0 Å². The molecule has 7 nitrogen and oxygen atoms in total. The van der Waals surface area contributed by atoms with Crippen LogP contribution in [0, 0.1) is 17.0 Å². The van der Waals surface area contributed by atoms with E-state index in [0.29, 0.717) is 11.5 Å². The predicted molar refractivity (Wildman–Crippen MR) is 76.1 cm³/mol. The summed E-state index contributed by atoms with van der Waals surface area (Å²) in [6.45, 7) is 6.32. The fourth-order valence-electron chi connectivity index (χ4n) is 2.84. The number of aliphatic hydroxyl groups excluding tert-OH is 1. The monoisotopic (exact) mass is 282 g/mol. The minimum absolute atomic E-state index is 0.0134. The Bertz CT molecular complexity index is 498. The fourth-order valence-corrected chi connectivity index (χ4v) is 2.84. The number of piperidine rings is 1. The molecule has 1 fully saturated rings. The third kappa shape index (κ3) is 2.49. The molecule has 0 aromatic carbocycles. The van der Waals surface area contributed by atoms with E-state index in [2.05, 4.69) is 5.10 Å². The molecule has 0 spiro atoms. The highest BCUT2D eigenvalue weighted by molar-refractivity contribution is 5.62. The Morgan fingerprint density at radius 3 is 2.75 bits per heavy atom. The summed E-state index contributed by atoms with van der Waals surface area (Å²) in [5.74, 6) is 0.543. The van der Waals surface area contributed by atoms with Crippen LogP contribution in [-0.2, 0) is 0 Å². The van der Waals surface area contributed by atoms with Crippen LogP contribution in [0.2, 0.25) is 0 Å². The van der Waals surface area contributed by atoms with Crippen molar-refractivity contribution in [2.45, 2.75) is 52.1 Å². The van der Waals surface area contributed by atoms with Crippen LogP contribution in [0.3, 0.4) is 0 Å². The number of nitrogens with zero attached hydrogens (tertiary/aromatic N) is 4. The lowest BCUT2D eigenvalue weighted by atomic mass is 10.0. The number of aryl methyl sites for hydroxylation is 1. The van der Waals surface area contributed by atoms with E-state index in [1.54, 1.807) is 11.6 Å². The maximum absolute atomic E-state index is 11.4. The lowest BCUT2D eigenvalue weighted by Gasteiger charge is -2.36. The molecule has 1 unspecified atom stereocenters. The van der Waals surface area contributed by atoms with E-state index in [1.165, 1.54) is 0 Å². The zero-order valence-corrected chi connectivity index (χ0v) is 12.2. The highest BCUT2D eigenvalue weighted by atomic mass is 16.6. The van der Waals surface area contributed by atoms with E-state index < -0.39 is 0 Å². The molecule has 20 heavy (non-hydrogen) atoms. The minimum atomic E-state index is -0.362. The third-order valence-corrected chi connectivity index (χ3v) is 3.81. The quantitative estimate of drug-likeness (QED) is 0.674. The highest BCUT2D eigenvalue weighted by Crippen LogP contribution is 2.37. The van der Waals surface area contributed by atoms with Crippen LogP contribution in [0.1, 0.15) is 44.8 Å². The van der Waals surface area contributed by atoms with Crippen LogP contribution < -0.4 is 4.90 Å². The summed E-state index contributed by atoms with van der Waals surface area (Å²) in [4.78, 5) is 13.0. The lowest BCUT2D eigenvalue weighted by molar-refractivity contribution is -0.384. The summed E-state index contributed by atoms with van der Waals surface area (Å²) in [6, 6.07) is -0.0188. The maximum atomic E-state index is 11.4. The number of anilines is 1. The zero-order chi connectivity index (χ0) is 14.9. The largest absolute Gasteiger partial charge is 0.394 e. The van der Waals surface area contributed by atoms with Crippen molar-refractivity contribution >= 4 is 11.5 Å². The van der Waals surface area contributed by atoms with Gasteiger partial charge in [0, 0.05) is 12.6 Å². The molecule has 1 N–H and O–H groups in total. The van der Waals surface area contributed by atoms with Gasteiger partial charge in [-0.25, -0.2) is 4.68 Å². The molecule has 1 aromatic heterocycles. The first-order valence-corrected chi connectivity index (χ1v) is 7.08. The van der Waals surface area contributed by atoms with Gasteiger partial charge in [-0.3, -0.25) is 10.1 Å². The van der Waals surface area contributed by atoms with Crippen LogP contribution >= 0.6 is 0 Å². The molecule has 1 atom stereocenters. The van der Waals surface area contributed by atoms with Gasteiger partial charge in [-0.2, -0.15) is 5.10 Å². The number of hydrogen-bond donors (Lipinski definition) is 1. The predicted octanol–water partition coefficient (Wildman–Crippen LogP) is 2.03. The molecule has 1 aliphatic rings. The van der Waals surface area contributed by atoms with Crippen LogP contribution in [-0.4, -0.2) is 39.0 Å². The van der Waals surface area contributed by atoms with Crippen molar-refractivity contribution < 1.29 is 10.0 Å². The van der Waals surface area contributed by atoms with Gasteiger partial charge in [-0.05, 0) is 40.0 Å². The van der Waals surface area contributed by atoms with Crippen molar-refractivity contribution in [1.29, 1.82) is 0 Å². The smallest absolute Gasteiger partial charge is 0.333 e. The van der Waals surface area contributed by atoms with E-state index in [-0.39, 0.29) is 29.3 Å². The van der Waals surface area contributed by atoms with Crippen molar-refractivity contribution in [1.82, 2.24) is 9.78 Å². The third-order valence-electron chi connectivity index (χ3n) is 3.81. The van der Waals surface area contributed by atoms with Crippen molar-refractivity contribution in [3.8, 4) is 0 Å². The number of aliphatic hydroxyl groups is 1. The van der Waals surface area contributed by atoms with E-state index in [9.17, 15) is 15.2 Å². The molecule has 2 heterocycles. The molecule has 1 aromatic rings. The number of aromatic nitrogens is 2. The van der Waals surface area contributed by atoms with E-state index >= 15 is 0 Å². The van der Waals surface area contributed by atoms with Gasteiger partial charge in [0.2, 0.25) is 5.82 Å². The zero-order valence-electron chi connectivity index (χ0n) is 12.2. The van der Waals surface area contributed by atoms with Crippen molar-refractivity contribution in [3.63, 3.8) is 0 Å². The molecule has 7 heteroatoms. The number of hydrogen-bond acceptors (Lipinski definition) is 5. The number of rotatable bonds is 4. The van der Waals surface area contributed by atoms with Crippen molar-refractivity contribution in [3.05, 3.63) is 15.8 Å². The first-order chi connectivity index (χ1) is 9.47. The average molecular weight is 282 g/mol. The van der Waals surface area contributed by atoms with Gasteiger partial charge in [0.25, 0.3) is 0 Å². The molecule has 0 amide bonds. The second-order valence-electron chi connectivity index (χ2n) is 5.58. The molecule has 0 saturated carbocycles. The molecule has 1 saturated heterocycles. The SMILES string of the molecule is Cc1nn(C(C)C)c(N2CCCCC2CO)c1[N+](=O)[O-]. The average Bonchev–Trinajstić information content (AvgIpc) is 2.76. The standard InChI is InChI=1S/C13H22N4O3/c1-9(2)16-13(12(17(19)20)10(3)14-16)15-7-5-4-6-11(15)8-18/h9,11,18H,4-8H2,1-3H3. The van der Waals surface area contributed by atoms with Crippen LogP contribution in [0.5, 0.6) is 0 Å². The van der Waals surface area contributed by atoms with Gasteiger partial charge in [0.1, 0.15) is 5.69 Å². The van der Waals surface area contributed by atoms with Gasteiger partial charge in [0.15, 0.2) is 0 Å². The minimum Gasteiger partial charge on any atom is -0.394 e. The Hall–Kier alpha value is -1.63. The first-order valence-electron chi connectivity index (χ1n) is 7.08. The highest BCUT2D eigenvalue weighted by Gasteiger charge is 2.34. The molecular weight excluding hydrogens is 260 g/mol.